The average molecular weight is 399 g/mol. The lowest BCUT2D eigenvalue weighted by Gasteiger charge is -2.25. The molecule has 0 bridgehead atoms. The minimum atomic E-state index is -0.650. The molecule has 2 amide bonds. The lowest BCUT2D eigenvalue weighted by molar-refractivity contribution is -0.119. The molecule has 1 aromatic carbocycles. The number of aromatic nitrogens is 1. The summed E-state index contributed by atoms with van der Waals surface area (Å²) >= 11 is 0. The summed E-state index contributed by atoms with van der Waals surface area (Å²) in [5.41, 5.74) is 6.53. The van der Waals surface area contributed by atoms with E-state index in [4.69, 9.17) is 5.73 Å². The molecule has 6 nitrogen and oxygen atoms in total. The summed E-state index contributed by atoms with van der Waals surface area (Å²) < 4.78 is 0. The summed E-state index contributed by atoms with van der Waals surface area (Å²) in [7, 11) is 0. The molecule has 1 heterocycles. The Kier molecular flexibility index (Phi) is 9.27. The molecule has 142 valence electrons. The average Bonchev–Trinajstić information content (AvgIpc) is 2.54. The van der Waals surface area contributed by atoms with Gasteiger partial charge in [0.2, 0.25) is 5.91 Å². The van der Waals surface area contributed by atoms with Gasteiger partial charge in [-0.05, 0) is 35.7 Å². The second-order valence-corrected chi connectivity index (χ2v) is 6.58. The first-order valence-corrected chi connectivity index (χ1v) is 7.66. The normalized spacial score (nSPS) is 11.4. The van der Waals surface area contributed by atoms with Crippen molar-refractivity contribution >= 4 is 48.1 Å². The van der Waals surface area contributed by atoms with Gasteiger partial charge in [0.15, 0.2) is 0 Å². The monoisotopic (exact) mass is 398 g/mol. The number of anilines is 2. The summed E-state index contributed by atoms with van der Waals surface area (Å²) in [5.74, 6) is -0.124. The van der Waals surface area contributed by atoms with Crippen LogP contribution in [0.25, 0.3) is 0 Å². The molecule has 0 radical (unpaired) electrons. The van der Waals surface area contributed by atoms with Crippen LogP contribution in [0.1, 0.15) is 31.1 Å². The van der Waals surface area contributed by atoms with Gasteiger partial charge in [-0.25, -0.2) is 4.98 Å². The summed E-state index contributed by atoms with van der Waals surface area (Å²) in [5, 5.41) is 5.45. The maximum Gasteiger partial charge on any atom is 0.256 e. The van der Waals surface area contributed by atoms with E-state index in [-0.39, 0.29) is 42.0 Å². The summed E-state index contributed by atoms with van der Waals surface area (Å²) in [6, 6.07) is 11.3. The molecule has 0 saturated carbocycles. The maximum absolute atomic E-state index is 12.3. The SMILES string of the molecule is CC(C)(C)[C@H](N)C(=O)Nc1cccc(C(=O)Nc2ccccn2)c1.Cl.Cl. The number of nitrogens with two attached hydrogens (primary N) is 1. The Labute approximate surface area is 165 Å². The quantitative estimate of drug-likeness (QED) is 0.733. The zero-order chi connectivity index (χ0) is 17.7. The molecule has 4 N–H and O–H groups in total. The lowest BCUT2D eigenvalue weighted by Crippen LogP contribution is -2.45. The number of carbonyl (C=O) groups is 2. The number of benzene rings is 1. The van der Waals surface area contributed by atoms with Gasteiger partial charge in [-0.1, -0.05) is 32.9 Å². The highest BCUT2D eigenvalue weighted by Gasteiger charge is 2.27. The lowest BCUT2D eigenvalue weighted by atomic mass is 9.87. The molecule has 2 aromatic rings. The van der Waals surface area contributed by atoms with Crippen molar-refractivity contribution in [3.8, 4) is 0 Å². The van der Waals surface area contributed by atoms with Crippen LogP contribution in [-0.2, 0) is 4.79 Å². The number of pyridine rings is 1. The number of halogens is 2. The van der Waals surface area contributed by atoms with Gasteiger partial charge in [-0.3, -0.25) is 9.59 Å². The van der Waals surface area contributed by atoms with Gasteiger partial charge in [0.25, 0.3) is 5.91 Å². The van der Waals surface area contributed by atoms with Crippen LogP contribution in [0.2, 0.25) is 0 Å². The van der Waals surface area contributed by atoms with Crippen LogP contribution in [-0.4, -0.2) is 22.8 Å². The van der Waals surface area contributed by atoms with Gasteiger partial charge in [-0.15, -0.1) is 24.8 Å². The molecule has 0 saturated heterocycles. The molecule has 2 rings (SSSR count). The predicted molar refractivity (Wildman–Crippen MR) is 109 cm³/mol. The van der Waals surface area contributed by atoms with Crippen molar-refractivity contribution in [1.29, 1.82) is 0 Å². The Balaban J connectivity index is 0.00000312. The highest BCUT2D eigenvalue weighted by Crippen LogP contribution is 2.19. The zero-order valence-electron chi connectivity index (χ0n) is 14.9. The van der Waals surface area contributed by atoms with Gasteiger partial charge in [0, 0.05) is 17.4 Å². The Morgan fingerprint density at radius 2 is 1.73 bits per heavy atom. The van der Waals surface area contributed by atoms with E-state index in [1.54, 1.807) is 48.7 Å². The minimum Gasteiger partial charge on any atom is -0.325 e. The molecule has 1 atom stereocenters. The zero-order valence-corrected chi connectivity index (χ0v) is 16.5. The fourth-order valence-corrected chi connectivity index (χ4v) is 1.98. The third-order valence-electron chi connectivity index (χ3n) is 3.51. The van der Waals surface area contributed by atoms with Crippen LogP contribution in [0.15, 0.2) is 48.7 Å². The minimum absolute atomic E-state index is 0. The second kappa shape index (κ2) is 10.1. The molecular formula is C18H24Cl2N4O2. The number of hydrogen-bond donors (Lipinski definition) is 3. The van der Waals surface area contributed by atoms with Gasteiger partial charge >= 0.3 is 0 Å². The van der Waals surface area contributed by atoms with Crippen molar-refractivity contribution in [2.45, 2.75) is 26.8 Å². The van der Waals surface area contributed by atoms with Crippen molar-refractivity contribution in [2.75, 3.05) is 10.6 Å². The third kappa shape index (κ3) is 6.63. The number of carbonyl (C=O) groups excluding carboxylic acids is 2. The van der Waals surface area contributed by atoms with Crippen molar-refractivity contribution in [1.82, 2.24) is 4.98 Å². The summed E-state index contributed by atoms with van der Waals surface area (Å²) in [6.07, 6.45) is 1.60. The Morgan fingerprint density at radius 1 is 1.04 bits per heavy atom. The van der Waals surface area contributed by atoms with E-state index in [0.29, 0.717) is 17.1 Å². The van der Waals surface area contributed by atoms with Gasteiger partial charge in [-0.2, -0.15) is 0 Å². The van der Waals surface area contributed by atoms with Gasteiger partial charge in [0.1, 0.15) is 5.82 Å². The molecule has 26 heavy (non-hydrogen) atoms. The topological polar surface area (TPSA) is 97.1 Å². The van der Waals surface area contributed by atoms with E-state index in [0.717, 1.165) is 0 Å². The molecule has 0 fully saturated rings. The van der Waals surface area contributed by atoms with Crippen molar-refractivity contribution < 1.29 is 9.59 Å². The summed E-state index contributed by atoms with van der Waals surface area (Å²) in [4.78, 5) is 28.5. The van der Waals surface area contributed by atoms with Crippen molar-refractivity contribution in [3.05, 3.63) is 54.2 Å². The highest BCUT2D eigenvalue weighted by atomic mass is 35.5. The van der Waals surface area contributed by atoms with Crippen molar-refractivity contribution in [2.24, 2.45) is 11.1 Å². The van der Waals surface area contributed by atoms with E-state index >= 15 is 0 Å². The number of hydrogen-bond acceptors (Lipinski definition) is 4. The second-order valence-electron chi connectivity index (χ2n) is 6.58. The first kappa shape index (κ1) is 23.9. The molecule has 1 aromatic heterocycles. The Bertz CT molecular complexity index is 733. The van der Waals surface area contributed by atoms with Gasteiger partial charge in [0.05, 0.1) is 6.04 Å². The first-order valence-electron chi connectivity index (χ1n) is 7.66. The largest absolute Gasteiger partial charge is 0.325 e. The Hall–Kier alpha value is -2.15. The molecule has 8 heteroatoms. The standard InChI is InChI=1S/C18H22N4O2.2ClH/c1-18(2,3)15(19)17(24)21-13-8-6-7-12(11-13)16(23)22-14-9-4-5-10-20-14;;/h4-11,15H,19H2,1-3H3,(H,21,24)(H,20,22,23);2*1H/t15-;;/m1../s1. The third-order valence-corrected chi connectivity index (χ3v) is 3.51. The number of nitrogens with zero attached hydrogens (tertiary/aromatic N) is 1. The molecule has 0 aliphatic heterocycles. The van der Waals surface area contributed by atoms with E-state index < -0.39 is 6.04 Å². The molecular weight excluding hydrogens is 375 g/mol. The molecule has 0 spiro atoms. The number of amides is 2. The smallest absolute Gasteiger partial charge is 0.256 e. The summed E-state index contributed by atoms with van der Waals surface area (Å²) in [6.45, 7) is 5.69. The predicted octanol–water partition coefficient (Wildman–Crippen LogP) is 3.49. The first-order chi connectivity index (χ1) is 11.3. The van der Waals surface area contributed by atoms with E-state index in [1.807, 2.05) is 20.8 Å². The number of rotatable bonds is 4. The molecule has 0 unspecified atom stereocenters. The van der Waals surface area contributed by atoms with E-state index in [2.05, 4.69) is 15.6 Å². The fourth-order valence-electron chi connectivity index (χ4n) is 1.98. The Morgan fingerprint density at radius 3 is 2.31 bits per heavy atom. The molecule has 0 aliphatic rings. The van der Waals surface area contributed by atoms with Gasteiger partial charge < -0.3 is 16.4 Å². The fraction of sp³-hybridized carbons (Fsp3) is 0.278. The van der Waals surface area contributed by atoms with Crippen LogP contribution in [0, 0.1) is 5.41 Å². The van der Waals surface area contributed by atoms with Crippen LogP contribution >= 0.6 is 24.8 Å². The maximum atomic E-state index is 12.3. The van der Waals surface area contributed by atoms with Crippen molar-refractivity contribution in [3.63, 3.8) is 0 Å². The van der Waals surface area contributed by atoms with Crippen LogP contribution in [0.5, 0.6) is 0 Å². The van der Waals surface area contributed by atoms with Crippen LogP contribution < -0.4 is 16.4 Å². The van der Waals surface area contributed by atoms with E-state index in [9.17, 15) is 9.59 Å². The number of nitrogens with one attached hydrogen (secondary N) is 2. The highest BCUT2D eigenvalue weighted by molar-refractivity contribution is 6.05. The molecule has 0 aliphatic carbocycles. The van der Waals surface area contributed by atoms with E-state index in [1.165, 1.54) is 0 Å². The van der Waals surface area contributed by atoms with Crippen LogP contribution in [0.3, 0.4) is 0 Å². The van der Waals surface area contributed by atoms with Crippen LogP contribution in [0.4, 0.5) is 11.5 Å².